The fourth-order valence-corrected chi connectivity index (χ4v) is 1.38. The fraction of sp³-hybridized carbons (Fsp3) is 0.400. The number of nitrogens with zero attached hydrogens (tertiary/aromatic N) is 4. The van der Waals surface area contributed by atoms with Crippen LogP contribution in [0.5, 0.6) is 0 Å². The summed E-state index contributed by atoms with van der Waals surface area (Å²) in [5.41, 5.74) is 1.14. The van der Waals surface area contributed by atoms with Crippen molar-refractivity contribution in [1.82, 2.24) is 19.3 Å². The Kier molecular flexibility index (Phi) is 2.45. The molecule has 0 atom stereocenters. The molecule has 0 spiro atoms. The van der Waals surface area contributed by atoms with Gasteiger partial charge < -0.3 is 9.88 Å². The van der Waals surface area contributed by atoms with Gasteiger partial charge >= 0.3 is 0 Å². The van der Waals surface area contributed by atoms with Crippen molar-refractivity contribution in [2.75, 3.05) is 5.32 Å². The Balaban J connectivity index is 2.02. The molecule has 0 aliphatic carbocycles. The molecule has 1 N–H and O–H groups in total. The van der Waals surface area contributed by atoms with E-state index in [4.69, 9.17) is 0 Å². The van der Waals surface area contributed by atoms with Crippen LogP contribution in [0.15, 0.2) is 18.5 Å². The monoisotopic (exact) mass is 205 g/mol. The predicted octanol–water partition coefficient (Wildman–Crippen LogP) is 1.07. The minimum Gasteiger partial charge on any atom is -0.361 e. The van der Waals surface area contributed by atoms with Crippen molar-refractivity contribution < 1.29 is 0 Å². The molecule has 15 heavy (non-hydrogen) atoms. The van der Waals surface area contributed by atoms with E-state index < -0.39 is 0 Å². The van der Waals surface area contributed by atoms with Crippen LogP contribution >= 0.6 is 0 Å². The van der Waals surface area contributed by atoms with Gasteiger partial charge in [0.2, 0.25) is 0 Å². The van der Waals surface area contributed by atoms with Crippen LogP contribution in [0.2, 0.25) is 0 Å². The lowest BCUT2D eigenvalue weighted by atomic mass is 10.4. The van der Waals surface area contributed by atoms with E-state index in [0.29, 0.717) is 6.54 Å². The minimum atomic E-state index is 0.694. The molecule has 0 amide bonds. The maximum atomic E-state index is 4.31. The number of aromatic nitrogens is 4. The second-order valence-corrected chi connectivity index (χ2v) is 3.60. The van der Waals surface area contributed by atoms with Crippen LogP contribution in [0.25, 0.3) is 0 Å². The summed E-state index contributed by atoms with van der Waals surface area (Å²) >= 11 is 0. The second kappa shape index (κ2) is 3.76. The largest absolute Gasteiger partial charge is 0.361 e. The molecular weight excluding hydrogens is 190 g/mol. The lowest BCUT2D eigenvalue weighted by Crippen LogP contribution is -2.06. The Labute approximate surface area is 88.7 Å². The topological polar surface area (TPSA) is 47.7 Å². The van der Waals surface area contributed by atoms with E-state index in [0.717, 1.165) is 17.3 Å². The first-order chi connectivity index (χ1) is 7.16. The number of hydrogen-bond acceptors (Lipinski definition) is 3. The molecular formula is C10H15N5. The number of imidazole rings is 1. The lowest BCUT2D eigenvalue weighted by Gasteiger charge is -2.02. The van der Waals surface area contributed by atoms with Crippen LogP contribution in [0, 0.1) is 6.92 Å². The van der Waals surface area contributed by atoms with Gasteiger partial charge in [-0.15, -0.1) is 0 Å². The normalized spacial score (nSPS) is 10.6. The summed E-state index contributed by atoms with van der Waals surface area (Å²) in [5.74, 6) is 1.89. The number of anilines is 1. The highest BCUT2D eigenvalue weighted by Gasteiger charge is 2.02. The van der Waals surface area contributed by atoms with Gasteiger partial charge in [-0.25, -0.2) is 4.98 Å². The SMILES string of the molecule is Cc1cc(NCc2nccn2C)nn1C. The first-order valence-corrected chi connectivity index (χ1v) is 4.87. The number of aryl methyl sites for hydroxylation is 3. The van der Waals surface area contributed by atoms with Crippen LogP contribution in [-0.4, -0.2) is 19.3 Å². The van der Waals surface area contributed by atoms with Crippen molar-refractivity contribution in [3.63, 3.8) is 0 Å². The van der Waals surface area contributed by atoms with Gasteiger partial charge in [-0.3, -0.25) is 4.68 Å². The number of nitrogens with one attached hydrogen (secondary N) is 1. The number of hydrogen-bond donors (Lipinski definition) is 1. The molecule has 2 aromatic heterocycles. The molecule has 0 radical (unpaired) electrons. The molecule has 2 aromatic rings. The molecule has 0 bridgehead atoms. The van der Waals surface area contributed by atoms with Gasteiger partial charge in [0.05, 0.1) is 6.54 Å². The molecule has 0 fully saturated rings. The lowest BCUT2D eigenvalue weighted by molar-refractivity contribution is 0.738. The van der Waals surface area contributed by atoms with Crippen LogP contribution in [-0.2, 0) is 20.6 Å². The third-order valence-corrected chi connectivity index (χ3v) is 2.46. The predicted molar refractivity (Wildman–Crippen MR) is 58.5 cm³/mol. The zero-order valence-corrected chi connectivity index (χ0v) is 9.23. The van der Waals surface area contributed by atoms with Gasteiger partial charge in [-0.05, 0) is 6.92 Å². The number of rotatable bonds is 3. The maximum absolute atomic E-state index is 4.31. The molecule has 0 aromatic carbocycles. The summed E-state index contributed by atoms with van der Waals surface area (Å²) in [7, 11) is 3.91. The molecule has 2 rings (SSSR count). The van der Waals surface area contributed by atoms with Gasteiger partial charge in [0.1, 0.15) is 11.6 Å². The van der Waals surface area contributed by atoms with Crippen molar-refractivity contribution in [3.8, 4) is 0 Å². The third-order valence-electron chi connectivity index (χ3n) is 2.46. The molecule has 0 unspecified atom stereocenters. The molecule has 0 aliphatic heterocycles. The molecule has 80 valence electrons. The zero-order valence-electron chi connectivity index (χ0n) is 9.23. The van der Waals surface area contributed by atoms with Crippen molar-refractivity contribution in [2.45, 2.75) is 13.5 Å². The second-order valence-electron chi connectivity index (χ2n) is 3.60. The van der Waals surface area contributed by atoms with Gasteiger partial charge in [-0.2, -0.15) is 5.10 Å². The van der Waals surface area contributed by atoms with E-state index in [1.54, 1.807) is 6.20 Å². The van der Waals surface area contributed by atoms with E-state index >= 15 is 0 Å². The first-order valence-electron chi connectivity index (χ1n) is 4.87. The molecule has 5 nitrogen and oxygen atoms in total. The van der Waals surface area contributed by atoms with Crippen LogP contribution in [0.4, 0.5) is 5.82 Å². The Morgan fingerprint density at radius 2 is 2.20 bits per heavy atom. The fourth-order valence-electron chi connectivity index (χ4n) is 1.38. The highest BCUT2D eigenvalue weighted by Crippen LogP contribution is 2.07. The third kappa shape index (κ3) is 2.01. The first kappa shape index (κ1) is 9.76. The molecule has 5 heteroatoms. The quantitative estimate of drug-likeness (QED) is 0.815. The molecule has 0 aliphatic rings. The highest BCUT2D eigenvalue weighted by atomic mass is 15.3. The summed E-state index contributed by atoms with van der Waals surface area (Å²) in [4.78, 5) is 4.23. The average Bonchev–Trinajstić information content (AvgIpc) is 2.72. The van der Waals surface area contributed by atoms with Gasteiger partial charge in [-0.1, -0.05) is 0 Å². The molecule has 2 heterocycles. The Bertz CT molecular complexity index is 435. The zero-order chi connectivity index (χ0) is 10.8. The Morgan fingerprint density at radius 3 is 2.73 bits per heavy atom. The van der Waals surface area contributed by atoms with Gasteiger partial charge in [0.15, 0.2) is 0 Å². The summed E-state index contributed by atoms with van der Waals surface area (Å²) in [5, 5.41) is 7.54. The van der Waals surface area contributed by atoms with Crippen molar-refractivity contribution in [3.05, 3.63) is 30.0 Å². The summed E-state index contributed by atoms with van der Waals surface area (Å²) in [6.45, 7) is 2.72. The Morgan fingerprint density at radius 1 is 1.40 bits per heavy atom. The summed E-state index contributed by atoms with van der Waals surface area (Å²) in [6, 6.07) is 2.02. The Hall–Kier alpha value is -1.78. The average molecular weight is 205 g/mol. The highest BCUT2D eigenvalue weighted by molar-refractivity contribution is 5.35. The summed E-state index contributed by atoms with van der Waals surface area (Å²) in [6.07, 6.45) is 3.72. The van der Waals surface area contributed by atoms with Gasteiger partial charge in [0, 0.05) is 38.2 Å². The molecule has 0 saturated heterocycles. The van der Waals surface area contributed by atoms with E-state index in [9.17, 15) is 0 Å². The standard InChI is InChI=1S/C10H15N5/c1-8-6-9(13-15(8)3)12-7-10-11-4-5-14(10)2/h4-6H,7H2,1-3H3,(H,12,13). The van der Waals surface area contributed by atoms with E-state index in [1.165, 1.54) is 0 Å². The molecule has 0 saturated carbocycles. The summed E-state index contributed by atoms with van der Waals surface area (Å²) < 4.78 is 3.84. The van der Waals surface area contributed by atoms with E-state index in [2.05, 4.69) is 15.4 Å². The van der Waals surface area contributed by atoms with Crippen molar-refractivity contribution in [2.24, 2.45) is 14.1 Å². The minimum absolute atomic E-state index is 0.694. The maximum Gasteiger partial charge on any atom is 0.148 e. The van der Waals surface area contributed by atoms with E-state index in [-0.39, 0.29) is 0 Å². The van der Waals surface area contributed by atoms with Crippen LogP contribution in [0.3, 0.4) is 0 Å². The van der Waals surface area contributed by atoms with Gasteiger partial charge in [0.25, 0.3) is 0 Å². The van der Waals surface area contributed by atoms with E-state index in [1.807, 2.05) is 42.5 Å². The van der Waals surface area contributed by atoms with Crippen LogP contribution in [0.1, 0.15) is 11.5 Å². The smallest absolute Gasteiger partial charge is 0.148 e. The van der Waals surface area contributed by atoms with Crippen LogP contribution < -0.4 is 5.32 Å². The van der Waals surface area contributed by atoms with Crippen molar-refractivity contribution >= 4 is 5.82 Å². The van der Waals surface area contributed by atoms with Crippen molar-refractivity contribution in [1.29, 1.82) is 0 Å².